The van der Waals surface area contributed by atoms with Crippen LogP contribution < -0.4 is 19.3 Å². The zero-order valence-electron chi connectivity index (χ0n) is 18.9. The van der Waals surface area contributed by atoms with Crippen LogP contribution in [-0.2, 0) is 9.59 Å². The topological polar surface area (TPSA) is 100 Å². The Morgan fingerprint density at radius 1 is 1.12 bits per heavy atom. The standard InChI is InChI=1S/C24H26N2O6S/c1-15(2)13-26-23(29)21(33-24(26)25-17-6-8-18(30-3)9-7-17)12-16-5-10-19(20(11-16)31-4)32-14-22(27)28/h5-12,15H,13-14H2,1-4H3,(H,27,28)/p-1/b21-12-,25-24?. The monoisotopic (exact) mass is 469 g/mol. The molecule has 1 aliphatic heterocycles. The number of methoxy groups -OCH3 is 2. The van der Waals surface area contributed by atoms with Crippen molar-refractivity contribution in [2.75, 3.05) is 27.4 Å². The third-order valence-electron chi connectivity index (χ3n) is 4.56. The van der Waals surface area contributed by atoms with Crippen LogP contribution in [-0.4, -0.2) is 49.3 Å². The van der Waals surface area contributed by atoms with Gasteiger partial charge in [0, 0.05) is 6.54 Å². The number of carbonyl (C=O) groups is 2. The second-order valence-electron chi connectivity index (χ2n) is 7.58. The maximum Gasteiger partial charge on any atom is 0.266 e. The first-order valence-electron chi connectivity index (χ1n) is 10.3. The van der Waals surface area contributed by atoms with E-state index in [0.29, 0.717) is 27.9 Å². The van der Waals surface area contributed by atoms with Crippen molar-refractivity contribution in [1.82, 2.24) is 4.90 Å². The van der Waals surface area contributed by atoms with E-state index in [4.69, 9.17) is 14.2 Å². The minimum atomic E-state index is -1.33. The van der Waals surface area contributed by atoms with Crippen LogP contribution in [0.1, 0.15) is 19.4 Å². The summed E-state index contributed by atoms with van der Waals surface area (Å²) in [5.41, 5.74) is 1.43. The minimum Gasteiger partial charge on any atom is -0.546 e. The van der Waals surface area contributed by atoms with Crippen molar-refractivity contribution in [3.63, 3.8) is 0 Å². The number of hydrogen-bond donors (Lipinski definition) is 0. The van der Waals surface area contributed by atoms with Gasteiger partial charge in [-0.1, -0.05) is 19.9 Å². The molecule has 1 amide bonds. The Hall–Kier alpha value is -3.46. The Bertz CT molecular complexity index is 1080. The van der Waals surface area contributed by atoms with Gasteiger partial charge < -0.3 is 24.1 Å². The number of carbonyl (C=O) groups excluding carboxylic acids is 2. The normalized spacial score (nSPS) is 16.0. The molecule has 0 bridgehead atoms. The summed E-state index contributed by atoms with van der Waals surface area (Å²) in [4.78, 5) is 30.7. The Balaban J connectivity index is 1.90. The lowest BCUT2D eigenvalue weighted by Crippen LogP contribution is -2.32. The van der Waals surface area contributed by atoms with Gasteiger partial charge in [-0.2, -0.15) is 0 Å². The molecule has 2 aromatic carbocycles. The van der Waals surface area contributed by atoms with E-state index in [0.717, 1.165) is 11.4 Å². The van der Waals surface area contributed by atoms with Crippen molar-refractivity contribution in [2.45, 2.75) is 13.8 Å². The van der Waals surface area contributed by atoms with Gasteiger partial charge in [0.2, 0.25) is 0 Å². The summed E-state index contributed by atoms with van der Waals surface area (Å²) < 4.78 is 15.7. The van der Waals surface area contributed by atoms with Crippen LogP contribution in [0, 0.1) is 5.92 Å². The number of aliphatic imine (C=N–C) groups is 1. The summed E-state index contributed by atoms with van der Waals surface area (Å²) in [6, 6.07) is 12.3. The molecule has 0 radical (unpaired) electrons. The number of aliphatic carboxylic acids is 1. The van der Waals surface area contributed by atoms with E-state index in [1.165, 1.54) is 18.9 Å². The molecule has 3 rings (SSSR count). The fourth-order valence-electron chi connectivity index (χ4n) is 3.07. The van der Waals surface area contributed by atoms with Gasteiger partial charge in [0.05, 0.1) is 30.8 Å². The number of nitrogens with zero attached hydrogens (tertiary/aromatic N) is 2. The van der Waals surface area contributed by atoms with Crippen LogP contribution in [0.5, 0.6) is 17.2 Å². The zero-order valence-corrected chi connectivity index (χ0v) is 19.7. The van der Waals surface area contributed by atoms with E-state index >= 15 is 0 Å². The van der Waals surface area contributed by atoms with Crippen LogP contribution in [0.3, 0.4) is 0 Å². The first kappa shape index (κ1) is 24.2. The molecule has 1 heterocycles. The van der Waals surface area contributed by atoms with E-state index in [1.807, 2.05) is 38.1 Å². The molecule has 0 aliphatic carbocycles. The zero-order chi connectivity index (χ0) is 24.0. The summed E-state index contributed by atoms with van der Waals surface area (Å²) in [5, 5.41) is 11.3. The molecular weight excluding hydrogens is 444 g/mol. The summed E-state index contributed by atoms with van der Waals surface area (Å²) in [7, 11) is 3.06. The molecule has 0 aromatic heterocycles. The lowest BCUT2D eigenvalue weighted by molar-refractivity contribution is -0.307. The number of rotatable bonds is 9. The van der Waals surface area contributed by atoms with E-state index in [9.17, 15) is 14.7 Å². The molecule has 0 saturated carbocycles. The molecule has 9 heteroatoms. The molecule has 1 aliphatic rings. The predicted octanol–water partition coefficient (Wildman–Crippen LogP) is 3.09. The van der Waals surface area contributed by atoms with Crippen molar-refractivity contribution < 1.29 is 28.9 Å². The summed E-state index contributed by atoms with van der Waals surface area (Å²) in [6.45, 7) is 4.04. The van der Waals surface area contributed by atoms with E-state index in [2.05, 4.69) is 4.99 Å². The second-order valence-corrected chi connectivity index (χ2v) is 8.59. The van der Waals surface area contributed by atoms with Crippen LogP contribution in [0.4, 0.5) is 5.69 Å². The highest BCUT2D eigenvalue weighted by molar-refractivity contribution is 8.18. The first-order chi connectivity index (χ1) is 15.8. The fourth-order valence-corrected chi connectivity index (χ4v) is 4.07. The first-order valence-corrected chi connectivity index (χ1v) is 11.1. The van der Waals surface area contributed by atoms with E-state index in [1.54, 1.807) is 36.3 Å². The number of benzene rings is 2. The molecule has 33 heavy (non-hydrogen) atoms. The highest BCUT2D eigenvalue weighted by atomic mass is 32.2. The Kier molecular flexibility index (Phi) is 8.00. The van der Waals surface area contributed by atoms with Gasteiger partial charge >= 0.3 is 0 Å². The van der Waals surface area contributed by atoms with Gasteiger partial charge in [-0.25, -0.2) is 4.99 Å². The van der Waals surface area contributed by atoms with Gasteiger partial charge in [-0.15, -0.1) is 0 Å². The van der Waals surface area contributed by atoms with Crippen LogP contribution in [0.2, 0.25) is 0 Å². The van der Waals surface area contributed by atoms with Crippen molar-refractivity contribution in [2.24, 2.45) is 10.9 Å². The number of ether oxygens (including phenoxy) is 3. The molecule has 0 atom stereocenters. The average Bonchev–Trinajstić information content (AvgIpc) is 3.06. The molecule has 2 aromatic rings. The van der Waals surface area contributed by atoms with Gasteiger partial charge in [-0.3, -0.25) is 9.69 Å². The highest BCUT2D eigenvalue weighted by Crippen LogP contribution is 2.36. The molecular formula is C24H25N2O6S-. The molecule has 0 spiro atoms. The third kappa shape index (κ3) is 6.29. The molecule has 0 unspecified atom stereocenters. The van der Waals surface area contributed by atoms with Crippen molar-refractivity contribution in [3.05, 3.63) is 52.9 Å². The van der Waals surface area contributed by atoms with Gasteiger partial charge in [0.15, 0.2) is 16.7 Å². The number of carboxylic acids is 1. The van der Waals surface area contributed by atoms with Crippen LogP contribution in [0.15, 0.2) is 52.4 Å². The maximum absolute atomic E-state index is 13.2. The molecule has 0 N–H and O–H groups in total. The summed E-state index contributed by atoms with van der Waals surface area (Å²) >= 11 is 1.30. The van der Waals surface area contributed by atoms with Gasteiger partial charge in [0.25, 0.3) is 5.91 Å². The maximum atomic E-state index is 13.2. The Morgan fingerprint density at radius 3 is 2.45 bits per heavy atom. The molecule has 8 nitrogen and oxygen atoms in total. The summed E-state index contributed by atoms with van der Waals surface area (Å²) in [6.07, 6.45) is 1.75. The van der Waals surface area contributed by atoms with Crippen molar-refractivity contribution in [1.29, 1.82) is 0 Å². The Labute approximate surface area is 196 Å². The third-order valence-corrected chi connectivity index (χ3v) is 5.57. The van der Waals surface area contributed by atoms with E-state index < -0.39 is 12.6 Å². The predicted molar refractivity (Wildman–Crippen MR) is 126 cm³/mol. The van der Waals surface area contributed by atoms with Gasteiger partial charge in [-0.05, 0) is 65.7 Å². The van der Waals surface area contributed by atoms with Gasteiger partial charge in [0.1, 0.15) is 12.4 Å². The molecule has 1 fully saturated rings. The minimum absolute atomic E-state index is 0.128. The number of hydrogen-bond acceptors (Lipinski definition) is 8. The quantitative estimate of drug-likeness (QED) is 0.520. The highest BCUT2D eigenvalue weighted by Gasteiger charge is 2.33. The van der Waals surface area contributed by atoms with Crippen molar-refractivity contribution >= 4 is 40.6 Å². The molecule has 1 saturated heterocycles. The Morgan fingerprint density at radius 2 is 1.85 bits per heavy atom. The van der Waals surface area contributed by atoms with Crippen LogP contribution >= 0.6 is 11.8 Å². The lowest BCUT2D eigenvalue weighted by Gasteiger charge is -2.17. The fraction of sp³-hybridized carbons (Fsp3) is 0.292. The summed E-state index contributed by atoms with van der Waals surface area (Å²) in [5.74, 6) is 0.164. The second kappa shape index (κ2) is 10.9. The lowest BCUT2D eigenvalue weighted by atomic mass is 10.1. The van der Waals surface area contributed by atoms with Crippen molar-refractivity contribution in [3.8, 4) is 17.2 Å². The molecule has 174 valence electrons. The number of thioether (sulfide) groups is 1. The average molecular weight is 470 g/mol. The number of carboxylic acid groups (broad SMARTS) is 1. The number of amides is 1. The van der Waals surface area contributed by atoms with Crippen LogP contribution in [0.25, 0.3) is 6.08 Å². The smallest absolute Gasteiger partial charge is 0.266 e. The van der Waals surface area contributed by atoms with E-state index in [-0.39, 0.29) is 17.6 Å². The largest absolute Gasteiger partial charge is 0.546 e. The number of amidine groups is 1. The SMILES string of the molecule is COc1ccc(N=C2S/C(=C\c3ccc(OCC(=O)[O-])c(OC)c3)C(=O)N2CC(C)C)cc1.